The summed E-state index contributed by atoms with van der Waals surface area (Å²) in [4.78, 5) is 7.22. The third-order valence-corrected chi connectivity index (χ3v) is 4.18. The minimum atomic E-state index is 0.871. The van der Waals surface area contributed by atoms with Gasteiger partial charge >= 0.3 is 0 Å². The summed E-state index contributed by atoms with van der Waals surface area (Å²) in [6, 6.07) is 13.1. The fourth-order valence-electron chi connectivity index (χ4n) is 3.03. The molecule has 3 rings (SSSR count). The van der Waals surface area contributed by atoms with E-state index in [0.29, 0.717) is 0 Å². The highest BCUT2D eigenvalue weighted by molar-refractivity contribution is 5.64. The lowest BCUT2D eigenvalue weighted by Crippen LogP contribution is -2.20. The Kier molecular flexibility index (Phi) is 4.20. The van der Waals surface area contributed by atoms with Gasteiger partial charge in [-0.25, -0.2) is 4.98 Å². The van der Waals surface area contributed by atoms with Crippen LogP contribution < -0.4 is 10.2 Å². The number of aromatic nitrogens is 1. The van der Waals surface area contributed by atoms with Crippen molar-refractivity contribution in [3.63, 3.8) is 0 Å². The van der Waals surface area contributed by atoms with Gasteiger partial charge in [0.2, 0.25) is 0 Å². The van der Waals surface area contributed by atoms with Gasteiger partial charge in [0.25, 0.3) is 0 Å². The monoisotopic (exact) mass is 281 g/mol. The van der Waals surface area contributed by atoms with Crippen LogP contribution in [0.25, 0.3) is 0 Å². The van der Waals surface area contributed by atoms with E-state index < -0.39 is 0 Å². The average molecular weight is 281 g/mol. The third-order valence-electron chi connectivity index (χ3n) is 4.18. The number of nitrogens with one attached hydrogen (secondary N) is 1. The molecular formula is C18H23N3. The SMILES string of the molecule is CNCc1ccc(N2CCCCc3ccccc32)nc1C. The number of anilines is 2. The molecular weight excluding hydrogens is 258 g/mol. The zero-order chi connectivity index (χ0) is 14.7. The largest absolute Gasteiger partial charge is 0.326 e. The highest BCUT2D eigenvalue weighted by Gasteiger charge is 2.17. The minimum Gasteiger partial charge on any atom is -0.326 e. The van der Waals surface area contributed by atoms with Crippen LogP contribution in [0.5, 0.6) is 0 Å². The molecule has 0 amide bonds. The summed E-state index contributed by atoms with van der Waals surface area (Å²) in [7, 11) is 1.97. The third kappa shape index (κ3) is 2.93. The van der Waals surface area contributed by atoms with Crippen molar-refractivity contribution in [3.05, 3.63) is 53.2 Å². The molecule has 3 nitrogen and oxygen atoms in total. The molecule has 0 unspecified atom stereocenters. The van der Waals surface area contributed by atoms with E-state index in [1.807, 2.05) is 7.05 Å². The average Bonchev–Trinajstić information content (AvgIpc) is 2.72. The number of fused-ring (bicyclic) bond motifs is 1. The molecule has 1 aliphatic rings. The Labute approximate surface area is 127 Å². The molecule has 1 aromatic carbocycles. The molecule has 21 heavy (non-hydrogen) atoms. The zero-order valence-electron chi connectivity index (χ0n) is 12.9. The smallest absolute Gasteiger partial charge is 0.133 e. The van der Waals surface area contributed by atoms with E-state index in [1.165, 1.54) is 36.1 Å². The highest BCUT2D eigenvalue weighted by atomic mass is 15.2. The van der Waals surface area contributed by atoms with Crippen molar-refractivity contribution in [1.29, 1.82) is 0 Å². The molecule has 2 aromatic rings. The van der Waals surface area contributed by atoms with Gasteiger partial charge in [0.1, 0.15) is 5.82 Å². The maximum absolute atomic E-state index is 4.84. The quantitative estimate of drug-likeness (QED) is 0.932. The standard InChI is InChI=1S/C18H23N3/c1-14-16(13-19-2)10-11-18(20-14)21-12-6-5-8-15-7-3-4-9-17(15)21/h3-4,7,9-11,19H,5-6,8,12-13H2,1-2H3. The Balaban J connectivity index is 1.98. The zero-order valence-corrected chi connectivity index (χ0v) is 12.9. The summed E-state index contributed by atoms with van der Waals surface area (Å²) in [5.41, 5.74) is 5.14. The van der Waals surface area contributed by atoms with Gasteiger partial charge in [-0.15, -0.1) is 0 Å². The van der Waals surface area contributed by atoms with Crippen LogP contribution in [0.1, 0.15) is 29.7 Å². The van der Waals surface area contributed by atoms with Gasteiger partial charge in [-0.05, 0) is 56.5 Å². The normalized spacial score (nSPS) is 14.7. The van der Waals surface area contributed by atoms with Gasteiger partial charge in [0.15, 0.2) is 0 Å². The topological polar surface area (TPSA) is 28.2 Å². The van der Waals surface area contributed by atoms with Gasteiger partial charge < -0.3 is 10.2 Å². The van der Waals surface area contributed by atoms with Gasteiger partial charge in [0.05, 0.1) is 0 Å². The fraction of sp³-hybridized carbons (Fsp3) is 0.389. The molecule has 1 aromatic heterocycles. The molecule has 110 valence electrons. The number of nitrogens with zero attached hydrogens (tertiary/aromatic N) is 2. The Morgan fingerprint density at radius 3 is 2.81 bits per heavy atom. The number of hydrogen-bond acceptors (Lipinski definition) is 3. The van der Waals surface area contributed by atoms with Crippen LogP contribution in [0.4, 0.5) is 11.5 Å². The summed E-state index contributed by atoms with van der Waals surface area (Å²) in [5.74, 6) is 1.07. The Morgan fingerprint density at radius 1 is 1.14 bits per heavy atom. The summed E-state index contributed by atoms with van der Waals surface area (Å²) >= 11 is 0. The van der Waals surface area contributed by atoms with E-state index in [4.69, 9.17) is 4.98 Å². The van der Waals surface area contributed by atoms with Crippen molar-refractivity contribution in [2.24, 2.45) is 0 Å². The van der Waals surface area contributed by atoms with Gasteiger partial charge in [-0.1, -0.05) is 24.3 Å². The number of rotatable bonds is 3. The Hall–Kier alpha value is -1.87. The molecule has 0 fully saturated rings. The number of aryl methyl sites for hydroxylation is 2. The molecule has 1 aliphatic heterocycles. The number of benzene rings is 1. The van der Waals surface area contributed by atoms with Crippen molar-refractivity contribution in [2.45, 2.75) is 32.7 Å². The van der Waals surface area contributed by atoms with Crippen LogP contribution in [0.15, 0.2) is 36.4 Å². The molecule has 0 atom stereocenters. The molecule has 1 N–H and O–H groups in total. The van der Waals surface area contributed by atoms with Crippen LogP contribution in [-0.4, -0.2) is 18.6 Å². The predicted octanol–water partition coefficient (Wildman–Crippen LogP) is 3.58. The molecule has 0 saturated carbocycles. The van der Waals surface area contributed by atoms with Crippen LogP contribution in [0.3, 0.4) is 0 Å². The molecule has 0 saturated heterocycles. The van der Waals surface area contributed by atoms with Crippen molar-refractivity contribution >= 4 is 11.5 Å². The first-order chi connectivity index (χ1) is 10.3. The van der Waals surface area contributed by atoms with Crippen LogP contribution in [-0.2, 0) is 13.0 Å². The second-order valence-electron chi connectivity index (χ2n) is 5.68. The van der Waals surface area contributed by atoms with Crippen LogP contribution >= 0.6 is 0 Å². The first-order valence-corrected chi connectivity index (χ1v) is 7.76. The molecule has 0 aliphatic carbocycles. The van der Waals surface area contributed by atoms with Crippen LogP contribution in [0, 0.1) is 6.92 Å². The maximum Gasteiger partial charge on any atom is 0.133 e. The summed E-state index contributed by atoms with van der Waals surface area (Å²) in [6.45, 7) is 4.02. The van der Waals surface area contributed by atoms with E-state index in [-0.39, 0.29) is 0 Å². The summed E-state index contributed by atoms with van der Waals surface area (Å²) < 4.78 is 0. The summed E-state index contributed by atoms with van der Waals surface area (Å²) in [6.07, 6.45) is 3.64. The Bertz CT molecular complexity index is 622. The molecule has 3 heteroatoms. The minimum absolute atomic E-state index is 0.871. The lowest BCUT2D eigenvalue weighted by atomic mass is 10.1. The highest BCUT2D eigenvalue weighted by Crippen LogP contribution is 2.31. The van der Waals surface area contributed by atoms with Gasteiger partial charge in [-0.2, -0.15) is 0 Å². The van der Waals surface area contributed by atoms with Crippen molar-refractivity contribution in [2.75, 3.05) is 18.5 Å². The molecule has 0 spiro atoms. The number of hydrogen-bond donors (Lipinski definition) is 1. The van der Waals surface area contributed by atoms with E-state index >= 15 is 0 Å². The number of para-hydroxylation sites is 1. The van der Waals surface area contributed by atoms with E-state index in [9.17, 15) is 0 Å². The van der Waals surface area contributed by atoms with Crippen molar-refractivity contribution in [3.8, 4) is 0 Å². The predicted molar refractivity (Wildman–Crippen MR) is 88.1 cm³/mol. The Morgan fingerprint density at radius 2 is 2.00 bits per heavy atom. The van der Waals surface area contributed by atoms with Crippen molar-refractivity contribution < 1.29 is 0 Å². The second-order valence-corrected chi connectivity index (χ2v) is 5.68. The van der Waals surface area contributed by atoms with Crippen molar-refractivity contribution in [1.82, 2.24) is 10.3 Å². The lowest BCUT2D eigenvalue weighted by Gasteiger charge is -2.24. The first-order valence-electron chi connectivity index (χ1n) is 7.76. The van der Waals surface area contributed by atoms with E-state index in [0.717, 1.165) is 24.6 Å². The van der Waals surface area contributed by atoms with Gasteiger partial charge in [0, 0.05) is 24.5 Å². The van der Waals surface area contributed by atoms with Gasteiger partial charge in [-0.3, -0.25) is 0 Å². The van der Waals surface area contributed by atoms with E-state index in [1.54, 1.807) is 0 Å². The molecule has 2 heterocycles. The fourth-order valence-corrected chi connectivity index (χ4v) is 3.03. The second kappa shape index (κ2) is 6.27. The molecule has 0 bridgehead atoms. The lowest BCUT2D eigenvalue weighted by molar-refractivity contribution is 0.755. The number of pyridine rings is 1. The first kappa shape index (κ1) is 14.1. The van der Waals surface area contributed by atoms with Crippen LogP contribution in [0.2, 0.25) is 0 Å². The summed E-state index contributed by atoms with van der Waals surface area (Å²) in [5, 5.41) is 3.20. The van der Waals surface area contributed by atoms with E-state index in [2.05, 4.69) is 53.5 Å². The maximum atomic E-state index is 4.84. The molecule has 0 radical (unpaired) electrons.